The van der Waals surface area contributed by atoms with Crippen LogP contribution in [-0.4, -0.2) is 37.0 Å². The predicted molar refractivity (Wildman–Crippen MR) is 100 cm³/mol. The highest BCUT2D eigenvalue weighted by Crippen LogP contribution is 2.41. The first kappa shape index (κ1) is 19.7. The molecule has 2 heterocycles. The van der Waals surface area contributed by atoms with Crippen molar-refractivity contribution in [2.75, 3.05) is 5.75 Å². The van der Waals surface area contributed by atoms with Gasteiger partial charge in [-0.05, 0) is 42.7 Å². The Bertz CT molecular complexity index is 960. The molecule has 0 saturated heterocycles. The monoisotopic (exact) mass is 422 g/mol. The summed E-state index contributed by atoms with van der Waals surface area (Å²) in [6.07, 6.45) is -0.0973. The number of halogens is 3. The lowest BCUT2D eigenvalue weighted by atomic mass is 10.1. The molecule has 0 spiro atoms. The van der Waals surface area contributed by atoms with Crippen LogP contribution in [0.25, 0.3) is 11.4 Å². The van der Waals surface area contributed by atoms with Gasteiger partial charge in [-0.1, -0.05) is 23.9 Å². The van der Waals surface area contributed by atoms with Gasteiger partial charge in [0.25, 0.3) is 0 Å². The number of pyridine rings is 1. The van der Waals surface area contributed by atoms with Crippen LogP contribution >= 0.6 is 11.8 Å². The van der Waals surface area contributed by atoms with Gasteiger partial charge >= 0.3 is 6.36 Å². The van der Waals surface area contributed by atoms with Crippen LogP contribution in [0.1, 0.15) is 30.6 Å². The van der Waals surface area contributed by atoms with E-state index in [2.05, 4.69) is 24.5 Å². The summed E-state index contributed by atoms with van der Waals surface area (Å²) >= 11 is 1.36. The van der Waals surface area contributed by atoms with Crippen molar-refractivity contribution in [1.82, 2.24) is 19.7 Å². The molecular formula is C19H17F3N4O2S. The topological polar surface area (TPSA) is 73.1 Å². The standard InChI is InChI=1S/C19H17F3N4O2S/c20-19(21,22)28-15-7-3-12(4-8-15)16(27)11-29-18-25-24-17(26(18)14-5-6-14)13-2-1-9-23-10-13/h1-4,7-10,14,16,27H,5-6,11H2. The molecule has 10 heteroatoms. The first-order valence-corrected chi connectivity index (χ1v) is 9.91. The molecule has 1 aromatic carbocycles. The van der Waals surface area contributed by atoms with Gasteiger partial charge in [-0.2, -0.15) is 0 Å². The maximum absolute atomic E-state index is 12.2. The second-order valence-electron chi connectivity index (χ2n) is 6.59. The van der Waals surface area contributed by atoms with Gasteiger partial charge in [0.15, 0.2) is 11.0 Å². The third kappa shape index (κ3) is 4.88. The van der Waals surface area contributed by atoms with Crippen LogP contribution in [0.2, 0.25) is 0 Å². The summed E-state index contributed by atoms with van der Waals surface area (Å²) in [5.74, 6) is 0.708. The van der Waals surface area contributed by atoms with Crippen molar-refractivity contribution in [3.63, 3.8) is 0 Å². The molecule has 0 bridgehead atoms. The average Bonchev–Trinajstić information content (AvgIpc) is 3.45. The summed E-state index contributed by atoms with van der Waals surface area (Å²) in [5.41, 5.74) is 1.37. The highest BCUT2D eigenvalue weighted by Gasteiger charge is 2.31. The number of aliphatic hydroxyl groups excluding tert-OH is 1. The fourth-order valence-corrected chi connectivity index (χ4v) is 3.84. The lowest BCUT2D eigenvalue weighted by molar-refractivity contribution is -0.274. The lowest BCUT2D eigenvalue weighted by Gasteiger charge is -2.13. The van der Waals surface area contributed by atoms with Crippen molar-refractivity contribution in [3.8, 4) is 17.1 Å². The largest absolute Gasteiger partial charge is 0.573 e. The smallest absolute Gasteiger partial charge is 0.406 e. The maximum Gasteiger partial charge on any atom is 0.573 e. The van der Waals surface area contributed by atoms with Crippen molar-refractivity contribution in [2.24, 2.45) is 0 Å². The molecule has 29 heavy (non-hydrogen) atoms. The minimum absolute atomic E-state index is 0.289. The first-order chi connectivity index (χ1) is 13.9. The number of ether oxygens (including phenoxy) is 1. The van der Waals surface area contributed by atoms with Crippen molar-refractivity contribution >= 4 is 11.8 Å². The summed E-state index contributed by atoms with van der Waals surface area (Å²) in [5, 5.41) is 19.7. The summed E-state index contributed by atoms with van der Waals surface area (Å²) in [4.78, 5) is 4.13. The van der Waals surface area contributed by atoms with Crippen LogP contribution in [0.3, 0.4) is 0 Å². The molecule has 1 aliphatic rings. The van der Waals surface area contributed by atoms with Gasteiger partial charge in [0.1, 0.15) is 5.75 Å². The quantitative estimate of drug-likeness (QED) is 0.569. The van der Waals surface area contributed by atoms with E-state index in [1.807, 2.05) is 12.1 Å². The SMILES string of the molecule is OC(CSc1nnc(-c2cccnc2)n1C1CC1)c1ccc(OC(F)(F)F)cc1. The van der Waals surface area contributed by atoms with E-state index < -0.39 is 12.5 Å². The Balaban J connectivity index is 1.44. The van der Waals surface area contributed by atoms with E-state index in [4.69, 9.17) is 0 Å². The van der Waals surface area contributed by atoms with Gasteiger partial charge in [0, 0.05) is 29.8 Å². The molecule has 1 saturated carbocycles. The van der Waals surface area contributed by atoms with Crippen LogP contribution in [-0.2, 0) is 0 Å². The van der Waals surface area contributed by atoms with Crippen LogP contribution in [0.15, 0.2) is 53.9 Å². The van der Waals surface area contributed by atoms with E-state index in [0.29, 0.717) is 16.8 Å². The number of rotatable bonds is 7. The molecular weight excluding hydrogens is 405 g/mol. The van der Waals surface area contributed by atoms with Gasteiger partial charge in [0.05, 0.1) is 6.10 Å². The van der Waals surface area contributed by atoms with Crippen molar-refractivity contribution in [1.29, 1.82) is 0 Å². The van der Waals surface area contributed by atoms with Crippen molar-refractivity contribution in [3.05, 3.63) is 54.4 Å². The van der Waals surface area contributed by atoms with Gasteiger partial charge in [-0.15, -0.1) is 23.4 Å². The molecule has 3 aromatic rings. The van der Waals surface area contributed by atoms with Gasteiger partial charge < -0.3 is 9.84 Å². The van der Waals surface area contributed by atoms with Crippen molar-refractivity contribution in [2.45, 2.75) is 36.5 Å². The summed E-state index contributed by atoms with van der Waals surface area (Å²) in [6, 6.07) is 9.29. The average molecular weight is 422 g/mol. The van der Waals surface area contributed by atoms with E-state index in [9.17, 15) is 18.3 Å². The number of hydrogen-bond acceptors (Lipinski definition) is 6. The molecule has 1 N–H and O–H groups in total. The Kier molecular flexibility index (Phi) is 5.46. The number of aromatic nitrogens is 4. The minimum Gasteiger partial charge on any atom is -0.406 e. The Morgan fingerprint density at radius 1 is 1.17 bits per heavy atom. The minimum atomic E-state index is -4.74. The van der Waals surface area contributed by atoms with E-state index in [-0.39, 0.29) is 11.5 Å². The normalized spacial score (nSPS) is 15.3. The summed E-state index contributed by atoms with van der Waals surface area (Å²) in [7, 11) is 0. The molecule has 1 unspecified atom stereocenters. The van der Waals surface area contributed by atoms with Crippen LogP contribution in [0, 0.1) is 0 Å². The maximum atomic E-state index is 12.2. The Labute approximate surface area is 168 Å². The molecule has 4 rings (SSSR count). The number of nitrogens with zero attached hydrogens (tertiary/aromatic N) is 4. The molecule has 6 nitrogen and oxygen atoms in total. The molecule has 0 amide bonds. The highest BCUT2D eigenvalue weighted by molar-refractivity contribution is 7.99. The van der Waals surface area contributed by atoms with E-state index in [0.717, 1.165) is 24.2 Å². The molecule has 1 fully saturated rings. The fourth-order valence-electron chi connectivity index (χ4n) is 2.87. The third-order valence-corrected chi connectivity index (χ3v) is 5.38. The van der Waals surface area contributed by atoms with Gasteiger partial charge in [-0.3, -0.25) is 9.55 Å². The van der Waals surface area contributed by atoms with E-state index in [1.165, 1.54) is 36.0 Å². The zero-order valence-corrected chi connectivity index (χ0v) is 15.9. The molecule has 1 atom stereocenters. The number of thioether (sulfide) groups is 1. The number of hydrogen-bond donors (Lipinski definition) is 1. The van der Waals surface area contributed by atoms with Crippen LogP contribution in [0.5, 0.6) is 5.75 Å². The summed E-state index contributed by atoms with van der Waals surface area (Å²) in [6.45, 7) is 0. The van der Waals surface area contributed by atoms with Gasteiger partial charge in [0.2, 0.25) is 0 Å². The third-order valence-electron chi connectivity index (χ3n) is 4.37. The molecule has 2 aromatic heterocycles. The number of benzene rings is 1. The fraction of sp³-hybridized carbons (Fsp3) is 0.316. The molecule has 1 aliphatic carbocycles. The zero-order chi connectivity index (χ0) is 20.4. The van der Waals surface area contributed by atoms with Crippen molar-refractivity contribution < 1.29 is 23.0 Å². The van der Waals surface area contributed by atoms with Gasteiger partial charge in [-0.25, -0.2) is 0 Å². The Morgan fingerprint density at radius 2 is 1.93 bits per heavy atom. The Morgan fingerprint density at radius 3 is 2.55 bits per heavy atom. The predicted octanol–water partition coefficient (Wildman–Crippen LogP) is 4.40. The number of alkyl halides is 3. The number of aliphatic hydroxyl groups is 1. The second kappa shape index (κ2) is 8.03. The highest BCUT2D eigenvalue weighted by atomic mass is 32.2. The second-order valence-corrected chi connectivity index (χ2v) is 7.58. The van der Waals surface area contributed by atoms with Crippen LogP contribution in [0.4, 0.5) is 13.2 Å². The first-order valence-electron chi connectivity index (χ1n) is 8.92. The van der Waals surface area contributed by atoms with Crippen LogP contribution < -0.4 is 4.74 Å². The Hall–Kier alpha value is -2.59. The lowest BCUT2D eigenvalue weighted by Crippen LogP contribution is -2.17. The summed E-state index contributed by atoms with van der Waals surface area (Å²) < 4.78 is 42.7. The van der Waals surface area contributed by atoms with E-state index in [1.54, 1.807) is 12.4 Å². The molecule has 152 valence electrons. The zero-order valence-electron chi connectivity index (χ0n) is 15.1. The molecule has 0 radical (unpaired) electrons. The molecule has 0 aliphatic heterocycles. The van der Waals surface area contributed by atoms with E-state index >= 15 is 0 Å².